The lowest BCUT2D eigenvalue weighted by Crippen LogP contribution is -2.18. The molecule has 0 radical (unpaired) electrons. The van der Waals surface area contributed by atoms with E-state index in [-0.39, 0.29) is 11.6 Å². The summed E-state index contributed by atoms with van der Waals surface area (Å²) in [4.78, 5) is 0. The molecule has 0 aliphatic heterocycles. The molecule has 0 amide bonds. The van der Waals surface area contributed by atoms with Gasteiger partial charge in [0.25, 0.3) is 0 Å². The van der Waals surface area contributed by atoms with Crippen LogP contribution >= 0.6 is 11.6 Å². The van der Waals surface area contributed by atoms with Crippen molar-refractivity contribution in [2.24, 2.45) is 0 Å². The maximum Gasteiger partial charge on any atom is 0.417 e. The molecule has 0 aromatic heterocycles. The van der Waals surface area contributed by atoms with Gasteiger partial charge in [0.15, 0.2) is 0 Å². The molecular weight excluding hydrogens is 371 g/mol. The number of alkyl halides is 3. The Bertz CT molecular complexity index is 892. The van der Waals surface area contributed by atoms with Crippen LogP contribution in [0.3, 0.4) is 0 Å². The Morgan fingerprint density at radius 3 is 2.19 bits per heavy atom. The summed E-state index contributed by atoms with van der Waals surface area (Å²) in [5, 5.41) is 2.96. The van der Waals surface area contributed by atoms with Crippen molar-refractivity contribution in [3.63, 3.8) is 0 Å². The van der Waals surface area contributed by atoms with Crippen LogP contribution in [0.5, 0.6) is 0 Å². The van der Waals surface area contributed by atoms with Crippen LogP contribution in [0.1, 0.15) is 16.7 Å². The maximum absolute atomic E-state index is 12.9. The summed E-state index contributed by atoms with van der Waals surface area (Å²) in [5.74, 6) is 0. The van der Waals surface area contributed by atoms with Crippen LogP contribution < -0.4 is 5.32 Å². The number of hydrogen-bond donors (Lipinski definition) is 1. The van der Waals surface area contributed by atoms with Crippen LogP contribution in [0, 0.1) is 0 Å². The Labute approximate surface area is 161 Å². The van der Waals surface area contributed by atoms with Crippen molar-refractivity contribution >= 4 is 11.6 Å². The summed E-state index contributed by atoms with van der Waals surface area (Å²) < 4.78 is 38.8. The molecule has 3 aromatic carbocycles. The van der Waals surface area contributed by atoms with E-state index in [1.807, 2.05) is 30.3 Å². The van der Waals surface area contributed by atoms with Gasteiger partial charge in [0, 0.05) is 6.54 Å². The smallest absolute Gasteiger partial charge is 0.312 e. The first-order valence-electron chi connectivity index (χ1n) is 8.65. The molecule has 0 bridgehead atoms. The molecule has 3 aromatic rings. The third kappa shape index (κ3) is 4.90. The molecule has 0 fully saturated rings. The molecule has 140 valence electrons. The SMILES string of the molecule is FC(F)(F)c1cccc(CNCCc2ccccc2-c2ccccc2)c1Cl. The predicted octanol–water partition coefficient (Wildman–Crippen LogP) is 6.36. The van der Waals surface area contributed by atoms with Gasteiger partial charge in [-0.2, -0.15) is 13.2 Å². The molecule has 0 aliphatic carbocycles. The first kappa shape index (κ1) is 19.5. The van der Waals surface area contributed by atoms with Gasteiger partial charge in [-0.25, -0.2) is 0 Å². The average Bonchev–Trinajstić information content (AvgIpc) is 2.66. The quantitative estimate of drug-likeness (QED) is 0.484. The molecule has 0 saturated carbocycles. The maximum atomic E-state index is 12.9. The van der Waals surface area contributed by atoms with Crippen molar-refractivity contribution in [3.05, 3.63) is 94.5 Å². The van der Waals surface area contributed by atoms with Gasteiger partial charge >= 0.3 is 6.18 Å². The number of benzene rings is 3. The summed E-state index contributed by atoms with van der Waals surface area (Å²) in [6, 6.07) is 22.2. The van der Waals surface area contributed by atoms with Crippen LogP contribution in [0.4, 0.5) is 13.2 Å². The Morgan fingerprint density at radius 1 is 0.778 bits per heavy atom. The highest BCUT2D eigenvalue weighted by Crippen LogP contribution is 2.36. The van der Waals surface area contributed by atoms with Crippen molar-refractivity contribution in [2.45, 2.75) is 19.1 Å². The van der Waals surface area contributed by atoms with Crippen LogP contribution in [-0.4, -0.2) is 6.54 Å². The van der Waals surface area contributed by atoms with Gasteiger partial charge < -0.3 is 5.32 Å². The van der Waals surface area contributed by atoms with Gasteiger partial charge in [0.2, 0.25) is 0 Å². The minimum absolute atomic E-state index is 0.234. The largest absolute Gasteiger partial charge is 0.417 e. The highest BCUT2D eigenvalue weighted by atomic mass is 35.5. The minimum atomic E-state index is -4.44. The van der Waals surface area contributed by atoms with Crippen molar-refractivity contribution in [3.8, 4) is 11.1 Å². The Morgan fingerprint density at radius 2 is 1.44 bits per heavy atom. The van der Waals surface area contributed by atoms with E-state index in [0.29, 0.717) is 12.1 Å². The van der Waals surface area contributed by atoms with E-state index in [0.717, 1.165) is 23.6 Å². The molecular formula is C22H19ClF3N. The summed E-state index contributed by atoms with van der Waals surface area (Å²) in [6.07, 6.45) is -3.68. The normalized spacial score (nSPS) is 11.6. The molecule has 3 rings (SSSR count). The summed E-state index contributed by atoms with van der Waals surface area (Å²) in [7, 11) is 0. The highest BCUT2D eigenvalue weighted by Gasteiger charge is 2.33. The van der Waals surface area contributed by atoms with E-state index >= 15 is 0 Å². The van der Waals surface area contributed by atoms with E-state index in [1.165, 1.54) is 11.6 Å². The number of rotatable bonds is 6. The molecule has 0 atom stereocenters. The zero-order valence-corrected chi connectivity index (χ0v) is 15.3. The fourth-order valence-electron chi connectivity index (χ4n) is 3.02. The Balaban J connectivity index is 1.64. The average molecular weight is 390 g/mol. The van der Waals surface area contributed by atoms with Crippen molar-refractivity contribution in [1.82, 2.24) is 5.32 Å². The minimum Gasteiger partial charge on any atom is -0.312 e. The van der Waals surface area contributed by atoms with E-state index in [2.05, 4.69) is 29.6 Å². The second kappa shape index (κ2) is 8.59. The van der Waals surface area contributed by atoms with Gasteiger partial charge in [-0.3, -0.25) is 0 Å². The molecule has 1 N–H and O–H groups in total. The molecule has 0 unspecified atom stereocenters. The summed E-state index contributed by atoms with van der Waals surface area (Å²) in [6.45, 7) is 0.923. The zero-order chi connectivity index (χ0) is 19.3. The predicted molar refractivity (Wildman–Crippen MR) is 104 cm³/mol. The molecule has 5 heteroatoms. The lowest BCUT2D eigenvalue weighted by atomic mass is 9.98. The van der Waals surface area contributed by atoms with Gasteiger partial charge in [0.05, 0.1) is 10.6 Å². The lowest BCUT2D eigenvalue weighted by Gasteiger charge is -2.13. The van der Waals surface area contributed by atoms with E-state index < -0.39 is 11.7 Å². The van der Waals surface area contributed by atoms with Gasteiger partial charge in [-0.15, -0.1) is 0 Å². The standard InChI is InChI=1S/C22H19ClF3N/c23-21-18(10-6-12-20(21)22(24,25)26)15-27-14-13-17-9-4-5-11-19(17)16-7-2-1-3-8-16/h1-12,27H,13-15H2. The zero-order valence-electron chi connectivity index (χ0n) is 14.6. The van der Waals surface area contributed by atoms with Crippen LogP contribution in [-0.2, 0) is 19.1 Å². The third-order valence-corrected chi connectivity index (χ3v) is 4.82. The van der Waals surface area contributed by atoms with Crippen molar-refractivity contribution in [1.29, 1.82) is 0 Å². The Hall–Kier alpha value is -2.30. The molecule has 0 heterocycles. The first-order valence-corrected chi connectivity index (χ1v) is 9.03. The molecule has 1 nitrogen and oxygen atoms in total. The number of hydrogen-bond acceptors (Lipinski definition) is 1. The third-order valence-electron chi connectivity index (χ3n) is 4.37. The topological polar surface area (TPSA) is 12.0 Å². The van der Waals surface area contributed by atoms with E-state index in [9.17, 15) is 13.2 Å². The van der Waals surface area contributed by atoms with Crippen molar-refractivity contribution in [2.75, 3.05) is 6.54 Å². The molecule has 0 saturated heterocycles. The van der Waals surface area contributed by atoms with Crippen molar-refractivity contribution < 1.29 is 13.2 Å². The van der Waals surface area contributed by atoms with E-state index in [4.69, 9.17) is 11.6 Å². The molecule has 27 heavy (non-hydrogen) atoms. The van der Waals surface area contributed by atoms with Crippen LogP contribution in [0.15, 0.2) is 72.8 Å². The Kier molecular flexibility index (Phi) is 6.19. The van der Waals surface area contributed by atoms with Crippen LogP contribution in [0.25, 0.3) is 11.1 Å². The molecule has 0 spiro atoms. The lowest BCUT2D eigenvalue weighted by molar-refractivity contribution is -0.137. The monoisotopic (exact) mass is 389 g/mol. The number of halogens is 4. The van der Waals surface area contributed by atoms with Gasteiger partial charge in [0.1, 0.15) is 0 Å². The van der Waals surface area contributed by atoms with Crippen LogP contribution in [0.2, 0.25) is 5.02 Å². The molecule has 0 aliphatic rings. The first-order chi connectivity index (χ1) is 13.0. The summed E-state index contributed by atoms with van der Waals surface area (Å²) in [5.41, 5.74) is 3.15. The highest BCUT2D eigenvalue weighted by molar-refractivity contribution is 6.32. The fraction of sp³-hybridized carbons (Fsp3) is 0.182. The summed E-state index contributed by atoms with van der Waals surface area (Å²) >= 11 is 5.93. The van der Waals surface area contributed by atoms with Gasteiger partial charge in [-0.1, -0.05) is 78.3 Å². The second-order valence-electron chi connectivity index (χ2n) is 6.23. The van der Waals surface area contributed by atoms with Gasteiger partial charge in [-0.05, 0) is 41.3 Å². The fourth-order valence-corrected chi connectivity index (χ4v) is 3.32. The van der Waals surface area contributed by atoms with E-state index in [1.54, 1.807) is 6.07 Å². The second-order valence-corrected chi connectivity index (χ2v) is 6.60. The number of nitrogens with one attached hydrogen (secondary N) is 1.